The summed E-state index contributed by atoms with van der Waals surface area (Å²) >= 11 is 1.70. The highest BCUT2D eigenvalue weighted by atomic mass is 32.2. The maximum absolute atomic E-state index is 11.3. The van der Waals surface area contributed by atoms with Crippen molar-refractivity contribution in [1.82, 2.24) is 0 Å². The summed E-state index contributed by atoms with van der Waals surface area (Å²) in [6.45, 7) is 1.54. The normalized spacial score (nSPS) is 20.4. The average Bonchev–Trinajstić information content (AvgIpc) is 2.41. The number of allylic oxidation sites excluding steroid dienone is 2. The van der Waals surface area contributed by atoms with Gasteiger partial charge in [0.1, 0.15) is 0 Å². The van der Waals surface area contributed by atoms with E-state index in [9.17, 15) is 4.79 Å². The molecule has 18 heavy (non-hydrogen) atoms. The first-order chi connectivity index (χ1) is 8.83. The second-order valence-corrected chi connectivity index (χ2v) is 5.41. The molecule has 0 aromatic rings. The van der Waals surface area contributed by atoms with Gasteiger partial charge in [-0.15, -0.1) is 0 Å². The van der Waals surface area contributed by atoms with Crippen molar-refractivity contribution >= 4 is 17.5 Å². The zero-order valence-corrected chi connectivity index (χ0v) is 12.0. The first kappa shape index (κ1) is 15.7. The molecule has 3 nitrogen and oxygen atoms in total. The first-order valence-electron chi connectivity index (χ1n) is 6.74. The van der Waals surface area contributed by atoms with Gasteiger partial charge in [0.2, 0.25) is 0 Å². The zero-order chi connectivity index (χ0) is 13.1. The van der Waals surface area contributed by atoms with Crippen LogP contribution in [0.2, 0.25) is 0 Å². The zero-order valence-electron chi connectivity index (χ0n) is 11.2. The highest BCUT2D eigenvalue weighted by Gasteiger charge is 2.12. The molecule has 1 saturated heterocycles. The third-order valence-corrected chi connectivity index (χ3v) is 3.43. The Morgan fingerprint density at radius 3 is 3.11 bits per heavy atom. The van der Waals surface area contributed by atoms with E-state index in [1.165, 1.54) is 6.42 Å². The van der Waals surface area contributed by atoms with Gasteiger partial charge in [-0.25, -0.2) is 0 Å². The van der Waals surface area contributed by atoms with Gasteiger partial charge in [-0.1, -0.05) is 6.08 Å². The Hall–Kier alpha value is -0.320. The van der Waals surface area contributed by atoms with E-state index >= 15 is 0 Å². The number of hydrogen-bond donors (Lipinski definition) is 0. The number of rotatable bonds is 9. The van der Waals surface area contributed by atoms with E-state index in [1.807, 2.05) is 12.3 Å². The molecule has 0 saturated carbocycles. The van der Waals surface area contributed by atoms with E-state index < -0.39 is 0 Å². The van der Waals surface area contributed by atoms with Gasteiger partial charge in [-0.3, -0.25) is 4.79 Å². The number of thioether (sulfide) groups is 1. The molecule has 0 amide bonds. The minimum Gasteiger partial charge on any atom is -0.353 e. The van der Waals surface area contributed by atoms with Crippen molar-refractivity contribution in [3.05, 3.63) is 12.2 Å². The van der Waals surface area contributed by atoms with Gasteiger partial charge in [0.05, 0.1) is 6.61 Å². The number of hydrogen-bond acceptors (Lipinski definition) is 4. The quantitative estimate of drug-likeness (QED) is 0.477. The molecule has 1 aliphatic rings. The van der Waals surface area contributed by atoms with Crippen molar-refractivity contribution in [1.29, 1.82) is 0 Å². The van der Waals surface area contributed by atoms with Crippen LogP contribution < -0.4 is 0 Å². The van der Waals surface area contributed by atoms with Crippen LogP contribution in [0, 0.1) is 0 Å². The van der Waals surface area contributed by atoms with E-state index in [4.69, 9.17) is 9.47 Å². The lowest BCUT2D eigenvalue weighted by atomic mass is 10.2. The molecule has 0 aliphatic carbocycles. The van der Waals surface area contributed by atoms with Crippen LogP contribution >= 0.6 is 11.8 Å². The van der Waals surface area contributed by atoms with E-state index in [-0.39, 0.29) is 12.1 Å². The molecule has 1 heterocycles. The largest absolute Gasteiger partial charge is 0.353 e. The highest BCUT2D eigenvalue weighted by molar-refractivity contribution is 7.98. The molecule has 1 atom stereocenters. The van der Waals surface area contributed by atoms with E-state index in [0.29, 0.717) is 13.0 Å². The fourth-order valence-corrected chi connectivity index (χ4v) is 2.16. The lowest BCUT2D eigenvalue weighted by molar-refractivity contribution is -0.162. The van der Waals surface area contributed by atoms with Crippen molar-refractivity contribution < 1.29 is 14.3 Å². The number of ether oxygens (including phenoxy) is 2. The number of carbonyl (C=O) groups excluding carboxylic acids is 1. The predicted octanol–water partition coefficient (Wildman–Crippen LogP) is 3.19. The third-order valence-electron chi connectivity index (χ3n) is 2.81. The van der Waals surface area contributed by atoms with Gasteiger partial charge >= 0.3 is 0 Å². The summed E-state index contributed by atoms with van der Waals surface area (Å²) in [5, 5.41) is 0. The van der Waals surface area contributed by atoms with Crippen molar-refractivity contribution in [2.45, 2.75) is 44.8 Å². The summed E-state index contributed by atoms with van der Waals surface area (Å²) in [7, 11) is 0. The fraction of sp³-hybridized carbons (Fsp3) is 0.786. The topological polar surface area (TPSA) is 35.5 Å². The Labute approximate surface area is 114 Å². The minimum atomic E-state index is 0.00550. The maximum Gasteiger partial charge on any atom is 0.157 e. The van der Waals surface area contributed by atoms with Crippen LogP contribution in [0.25, 0.3) is 0 Å². The van der Waals surface area contributed by atoms with Crippen LogP contribution in [0.5, 0.6) is 0 Å². The molecule has 0 aromatic carbocycles. The Morgan fingerprint density at radius 1 is 1.50 bits per heavy atom. The molecular formula is C14H24O3S. The summed E-state index contributed by atoms with van der Waals surface area (Å²) < 4.78 is 11.1. The summed E-state index contributed by atoms with van der Waals surface area (Å²) in [6, 6.07) is 0. The monoisotopic (exact) mass is 272 g/mol. The Bertz CT molecular complexity index is 247. The Kier molecular flexibility index (Phi) is 9.26. The molecule has 104 valence electrons. The van der Waals surface area contributed by atoms with Crippen LogP contribution in [0.1, 0.15) is 38.5 Å². The van der Waals surface area contributed by atoms with Crippen molar-refractivity contribution in [2.24, 2.45) is 0 Å². The van der Waals surface area contributed by atoms with E-state index in [0.717, 1.165) is 38.0 Å². The standard InChI is InChI=1S/C14H24O3S/c1-18-12-9-13(15)7-3-2-5-10-16-14-8-4-6-11-17-14/h3,7,14H,2,4-6,8-12H2,1H3/b7-3+. The maximum atomic E-state index is 11.3. The predicted molar refractivity (Wildman–Crippen MR) is 75.9 cm³/mol. The van der Waals surface area contributed by atoms with Crippen LogP contribution in [-0.2, 0) is 14.3 Å². The fourth-order valence-electron chi connectivity index (χ4n) is 1.76. The van der Waals surface area contributed by atoms with Gasteiger partial charge in [-0.2, -0.15) is 11.8 Å². The second-order valence-electron chi connectivity index (χ2n) is 4.42. The van der Waals surface area contributed by atoms with Gasteiger partial charge in [0.15, 0.2) is 12.1 Å². The average molecular weight is 272 g/mol. The first-order valence-corrected chi connectivity index (χ1v) is 8.14. The SMILES string of the molecule is CSCCC(=O)/C=C/CCCOC1CCCCO1. The number of ketones is 1. The Balaban J connectivity index is 1.94. The molecule has 0 spiro atoms. The molecule has 4 heteroatoms. The van der Waals surface area contributed by atoms with Gasteiger partial charge in [0.25, 0.3) is 0 Å². The summed E-state index contributed by atoms with van der Waals surface area (Å²) in [5.74, 6) is 1.13. The van der Waals surface area contributed by atoms with Crippen molar-refractivity contribution in [3.8, 4) is 0 Å². The molecule has 0 N–H and O–H groups in total. The van der Waals surface area contributed by atoms with Crippen molar-refractivity contribution in [3.63, 3.8) is 0 Å². The second kappa shape index (κ2) is 10.6. The van der Waals surface area contributed by atoms with E-state index in [2.05, 4.69) is 0 Å². The smallest absolute Gasteiger partial charge is 0.157 e. The molecular weight excluding hydrogens is 248 g/mol. The summed E-state index contributed by atoms with van der Waals surface area (Å²) in [5.41, 5.74) is 0. The van der Waals surface area contributed by atoms with Crippen LogP contribution in [0.15, 0.2) is 12.2 Å². The lowest BCUT2D eigenvalue weighted by Gasteiger charge is -2.22. The molecule has 1 aliphatic heterocycles. The summed E-state index contributed by atoms with van der Waals surface area (Å²) in [4.78, 5) is 11.3. The molecule has 0 radical (unpaired) electrons. The third kappa shape index (κ3) is 7.90. The molecule has 0 aromatic heterocycles. The van der Waals surface area contributed by atoms with Gasteiger partial charge in [-0.05, 0) is 44.4 Å². The summed E-state index contributed by atoms with van der Waals surface area (Å²) in [6.07, 6.45) is 11.5. The van der Waals surface area contributed by atoms with E-state index in [1.54, 1.807) is 17.8 Å². The minimum absolute atomic E-state index is 0.00550. The highest BCUT2D eigenvalue weighted by Crippen LogP contribution is 2.13. The molecule has 1 unspecified atom stereocenters. The molecule has 1 rings (SSSR count). The van der Waals surface area contributed by atoms with Gasteiger partial charge < -0.3 is 9.47 Å². The van der Waals surface area contributed by atoms with Crippen LogP contribution in [0.4, 0.5) is 0 Å². The molecule has 0 bridgehead atoms. The van der Waals surface area contributed by atoms with Crippen molar-refractivity contribution in [2.75, 3.05) is 25.2 Å². The number of carbonyl (C=O) groups is 1. The van der Waals surface area contributed by atoms with Crippen LogP contribution in [0.3, 0.4) is 0 Å². The number of unbranched alkanes of at least 4 members (excludes halogenated alkanes) is 1. The van der Waals surface area contributed by atoms with Gasteiger partial charge in [0, 0.05) is 18.8 Å². The van der Waals surface area contributed by atoms with Crippen LogP contribution in [-0.4, -0.2) is 37.3 Å². The molecule has 1 fully saturated rings. The Morgan fingerprint density at radius 2 is 2.39 bits per heavy atom. The lowest BCUT2D eigenvalue weighted by Crippen LogP contribution is -2.22.